The first-order chi connectivity index (χ1) is 8.72. The third-order valence-corrected chi connectivity index (χ3v) is 2.66. The van der Waals surface area contributed by atoms with Crippen molar-refractivity contribution in [2.45, 2.75) is 33.0 Å². The van der Waals surface area contributed by atoms with Gasteiger partial charge >= 0.3 is 0 Å². The summed E-state index contributed by atoms with van der Waals surface area (Å²) >= 11 is 0. The van der Waals surface area contributed by atoms with E-state index in [-0.39, 0.29) is 6.10 Å². The van der Waals surface area contributed by atoms with Crippen molar-refractivity contribution in [1.29, 1.82) is 0 Å². The predicted molar refractivity (Wildman–Crippen MR) is 67.3 cm³/mol. The summed E-state index contributed by atoms with van der Waals surface area (Å²) in [5.74, 6) is 0. The Bertz CT molecular complexity index is 353. The van der Waals surface area contributed by atoms with Crippen LogP contribution in [0.4, 0.5) is 0 Å². The Hall–Kier alpha value is -1.01. The highest BCUT2D eigenvalue weighted by atomic mass is 17.1. The van der Waals surface area contributed by atoms with E-state index in [0.717, 1.165) is 17.0 Å². The number of hydrogen-bond acceptors (Lipinski definition) is 5. The highest BCUT2D eigenvalue weighted by Gasteiger charge is 2.15. The molecule has 0 bridgehead atoms. The van der Waals surface area contributed by atoms with E-state index in [1.807, 2.05) is 26.0 Å². The van der Waals surface area contributed by atoms with Gasteiger partial charge in [-0.2, -0.15) is 0 Å². The lowest BCUT2D eigenvalue weighted by Crippen LogP contribution is -2.10. The number of aromatic nitrogens is 1. The minimum absolute atomic E-state index is 0.362. The predicted octanol–water partition coefficient (Wildman–Crippen LogP) is 2.49. The molecule has 0 amide bonds. The van der Waals surface area contributed by atoms with E-state index in [1.165, 1.54) is 0 Å². The SMILES string of the molecule is CCC(OO)c1ccc(C)nc1COCCOC. The molecule has 0 spiro atoms. The summed E-state index contributed by atoms with van der Waals surface area (Å²) in [6.07, 6.45) is 0.311. The summed E-state index contributed by atoms with van der Waals surface area (Å²) in [4.78, 5) is 8.90. The van der Waals surface area contributed by atoms with Crippen molar-refractivity contribution in [3.63, 3.8) is 0 Å². The smallest absolute Gasteiger partial charge is 0.119 e. The normalized spacial score (nSPS) is 12.7. The number of nitrogens with zero attached hydrogens (tertiary/aromatic N) is 1. The van der Waals surface area contributed by atoms with Crippen molar-refractivity contribution >= 4 is 0 Å². The lowest BCUT2D eigenvalue weighted by molar-refractivity contribution is -0.282. The van der Waals surface area contributed by atoms with Crippen LogP contribution in [-0.4, -0.2) is 30.6 Å². The molecule has 0 fully saturated rings. The molecule has 1 N–H and O–H groups in total. The van der Waals surface area contributed by atoms with E-state index in [4.69, 9.17) is 14.7 Å². The van der Waals surface area contributed by atoms with Crippen LogP contribution in [0.25, 0.3) is 0 Å². The van der Waals surface area contributed by atoms with Crippen LogP contribution < -0.4 is 0 Å². The van der Waals surface area contributed by atoms with Gasteiger partial charge in [-0.15, -0.1) is 0 Å². The maximum Gasteiger partial charge on any atom is 0.119 e. The Balaban J connectivity index is 2.76. The lowest BCUT2D eigenvalue weighted by atomic mass is 10.1. The molecule has 5 nitrogen and oxygen atoms in total. The summed E-state index contributed by atoms with van der Waals surface area (Å²) in [5.41, 5.74) is 2.58. The zero-order valence-corrected chi connectivity index (χ0v) is 11.2. The standard InChI is InChI=1S/C13H21NO4/c1-4-13(18-15)11-6-5-10(2)14-12(11)9-17-8-7-16-3/h5-6,13,15H,4,7-9H2,1-3H3. The van der Waals surface area contributed by atoms with Crippen molar-refractivity contribution in [2.75, 3.05) is 20.3 Å². The molecule has 0 aliphatic rings. The first-order valence-electron chi connectivity index (χ1n) is 6.06. The molecule has 0 saturated carbocycles. The minimum Gasteiger partial charge on any atom is -0.382 e. The molecule has 1 aromatic rings. The van der Waals surface area contributed by atoms with Gasteiger partial charge in [0.2, 0.25) is 0 Å². The maximum absolute atomic E-state index is 8.89. The van der Waals surface area contributed by atoms with Crippen LogP contribution >= 0.6 is 0 Å². The van der Waals surface area contributed by atoms with Gasteiger partial charge in [-0.3, -0.25) is 10.2 Å². The van der Waals surface area contributed by atoms with Gasteiger partial charge in [-0.1, -0.05) is 13.0 Å². The van der Waals surface area contributed by atoms with Crippen molar-refractivity contribution in [3.8, 4) is 0 Å². The van der Waals surface area contributed by atoms with E-state index < -0.39 is 0 Å². The van der Waals surface area contributed by atoms with Crippen molar-refractivity contribution in [3.05, 3.63) is 29.1 Å². The van der Waals surface area contributed by atoms with E-state index in [1.54, 1.807) is 7.11 Å². The molecular weight excluding hydrogens is 234 g/mol. The molecular formula is C13H21NO4. The fourth-order valence-corrected chi connectivity index (χ4v) is 1.69. The van der Waals surface area contributed by atoms with Crippen molar-refractivity contribution < 1.29 is 19.6 Å². The first-order valence-corrected chi connectivity index (χ1v) is 6.06. The molecule has 5 heteroatoms. The molecule has 0 aliphatic heterocycles. The van der Waals surface area contributed by atoms with E-state index in [9.17, 15) is 0 Å². The fourth-order valence-electron chi connectivity index (χ4n) is 1.69. The molecule has 0 saturated heterocycles. The lowest BCUT2D eigenvalue weighted by Gasteiger charge is -2.16. The summed E-state index contributed by atoms with van der Waals surface area (Å²) in [7, 11) is 1.63. The molecule has 1 heterocycles. The Morgan fingerprint density at radius 3 is 2.72 bits per heavy atom. The summed E-state index contributed by atoms with van der Waals surface area (Å²) in [6.45, 7) is 5.32. The van der Waals surface area contributed by atoms with Gasteiger partial charge < -0.3 is 9.47 Å². The van der Waals surface area contributed by atoms with Gasteiger partial charge in [-0.25, -0.2) is 4.89 Å². The van der Waals surface area contributed by atoms with Gasteiger partial charge in [0.15, 0.2) is 0 Å². The fraction of sp³-hybridized carbons (Fsp3) is 0.615. The third kappa shape index (κ3) is 4.34. The third-order valence-electron chi connectivity index (χ3n) is 2.66. The highest BCUT2D eigenvalue weighted by Crippen LogP contribution is 2.23. The van der Waals surface area contributed by atoms with Gasteiger partial charge in [0.1, 0.15) is 6.10 Å². The maximum atomic E-state index is 8.89. The average molecular weight is 255 g/mol. The van der Waals surface area contributed by atoms with Crippen LogP contribution in [0.3, 0.4) is 0 Å². The largest absolute Gasteiger partial charge is 0.382 e. The van der Waals surface area contributed by atoms with Gasteiger partial charge in [0.25, 0.3) is 0 Å². The van der Waals surface area contributed by atoms with Crippen LogP contribution in [0.1, 0.15) is 36.4 Å². The summed E-state index contributed by atoms with van der Waals surface area (Å²) < 4.78 is 10.4. The zero-order chi connectivity index (χ0) is 13.4. The second kappa shape index (κ2) is 8.16. The Morgan fingerprint density at radius 1 is 1.33 bits per heavy atom. The summed E-state index contributed by atoms with van der Waals surface area (Å²) in [6, 6.07) is 3.82. The highest BCUT2D eigenvalue weighted by molar-refractivity contribution is 5.24. The number of pyridine rings is 1. The second-order valence-corrected chi connectivity index (χ2v) is 4.04. The van der Waals surface area contributed by atoms with Gasteiger partial charge in [0.05, 0.1) is 25.5 Å². The number of rotatable bonds is 8. The Labute approximate surface area is 108 Å². The number of ether oxygens (including phenoxy) is 2. The number of aryl methyl sites for hydroxylation is 1. The van der Waals surface area contributed by atoms with Crippen LogP contribution in [0.2, 0.25) is 0 Å². The van der Waals surface area contributed by atoms with Gasteiger partial charge in [0, 0.05) is 18.4 Å². The van der Waals surface area contributed by atoms with E-state index in [2.05, 4.69) is 9.87 Å². The Kier molecular flexibility index (Phi) is 6.82. The molecule has 0 radical (unpaired) electrons. The number of methoxy groups -OCH3 is 1. The molecule has 1 rings (SSSR count). The van der Waals surface area contributed by atoms with Gasteiger partial charge in [-0.05, 0) is 19.4 Å². The first kappa shape index (κ1) is 15.0. The van der Waals surface area contributed by atoms with Crippen LogP contribution in [-0.2, 0) is 21.0 Å². The molecule has 102 valence electrons. The Morgan fingerprint density at radius 2 is 2.11 bits per heavy atom. The summed E-state index contributed by atoms with van der Waals surface area (Å²) in [5, 5.41) is 8.89. The molecule has 1 aromatic heterocycles. The van der Waals surface area contributed by atoms with Crippen LogP contribution in [0.15, 0.2) is 12.1 Å². The van der Waals surface area contributed by atoms with Crippen molar-refractivity contribution in [1.82, 2.24) is 4.98 Å². The molecule has 18 heavy (non-hydrogen) atoms. The number of hydrogen-bond donors (Lipinski definition) is 1. The topological polar surface area (TPSA) is 60.8 Å². The molecule has 1 unspecified atom stereocenters. The molecule has 0 aliphatic carbocycles. The van der Waals surface area contributed by atoms with Crippen molar-refractivity contribution in [2.24, 2.45) is 0 Å². The second-order valence-electron chi connectivity index (χ2n) is 4.04. The average Bonchev–Trinajstić information content (AvgIpc) is 2.38. The quantitative estimate of drug-likeness (QED) is 0.439. The van der Waals surface area contributed by atoms with E-state index >= 15 is 0 Å². The van der Waals surface area contributed by atoms with Crippen LogP contribution in [0.5, 0.6) is 0 Å². The monoisotopic (exact) mass is 255 g/mol. The molecule has 1 atom stereocenters. The minimum atomic E-state index is -0.362. The zero-order valence-electron chi connectivity index (χ0n) is 11.2. The van der Waals surface area contributed by atoms with E-state index in [0.29, 0.717) is 26.2 Å². The van der Waals surface area contributed by atoms with Crippen LogP contribution in [0, 0.1) is 6.92 Å². The molecule has 0 aromatic carbocycles.